The minimum Gasteiger partial charge on any atom is -0.503 e. The molecule has 1 N–H and O–H groups in total. The number of aromatic nitrogens is 1. The van der Waals surface area contributed by atoms with Gasteiger partial charge in [0.15, 0.2) is 16.3 Å². The van der Waals surface area contributed by atoms with E-state index in [4.69, 9.17) is 21.1 Å². The van der Waals surface area contributed by atoms with Gasteiger partial charge in [-0.05, 0) is 64.3 Å². The van der Waals surface area contributed by atoms with Gasteiger partial charge in [0, 0.05) is 5.02 Å². The van der Waals surface area contributed by atoms with Crippen molar-refractivity contribution in [3.63, 3.8) is 0 Å². The summed E-state index contributed by atoms with van der Waals surface area (Å²) in [5.41, 5.74) is 1.80. The minimum atomic E-state index is -0.714. The Morgan fingerprint density at radius 3 is 2.61 bits per heavy atom. The number of esters is 1. The van der Waals surface area contributed by atoms with Crippen LogP contribution >= 0.6 is 38.9 Å². The topological polar surface area (TPSA) is 90.1 Å². The maximum Gasteiger partial charge on any atom is 0.338 e. The fourth-order valence-electron chi connectivity index (χ4n) is 3.64. The zero-order chi connectivity index (χ0) is 23.9. The van der Waals surface area contributed by atoms with Gasteiger partial charge in [0.25, 0.3) is 5.56 Å². The van der Waals surface area contributed by atoms with Crippen LogP contribution in [0.4, 0.5) is 0 Å². The number of halogens is 2. The van der Waals surface area contributed by atoms with Crippen molar-refractivity contribution in [2.45, 2.75) is 13.0 Å². The zero-order valence-corrected chi connectivity index (χ0v) is 20.9. The summed E-state index contributed by atoms with van der Waals surface area (Å²) in [5, 5.41) is 10.6. The van der Waals surface area contributed by atoms with Crippen LogP contribution in [0.2, 0.25) is 5.02 Å². The van der Waals surface area contributed by atoms with E-state index in [2.05, 4.69) is 20.9 Å². The molecule has 1 aliphatic heterocycles. The molecule has 0 unspecified atom stereocenters. The number of fused-ring (bicyclic) bond motifs is 1. The number of aromatic hydroxyl groups is 1. The summed E-state index contributed by atoms with van der Waals surface area (Å²) in [6, 6.07) is 9.54. The number of rotatable bonds is 4. The first-order valence-corrected chi connectivity index (χ1v) is 11.7. The van der Waals surface area contributed by atoms with Gasteiger partial charge in [0.1, 0.15) is 0 Å². The normalized spacial score (nSPS) is 15.8. The van der Waals surface area contributed by atoms with E-state index in [0.717, 1.165) is 0 Å². The highest BCUT2D eigenvalue weighted by Crippen LogP contribution is 2.35. The lowest BCUT2D eigenvalue weighted by atomic mass is 9.96. The molecule has 1 atom stereocenters. The van der Waals surface area contributed by atoms with Crippen molar-refractivity contribution in [1.29, 1.82) is 0 Å². The highest BCUT2D eigenvalue weighted by atomic mass is 79.9. The van der Waals surface area contributed by atoms with Crippen molar-refractivity contribution >= 4 is 50.9 Å². The molecule has 7 nitrogen and oxygen atoms in total. The molecule has 0 bridgehead atoms. The maximum absolute atomic E-state index is 13.5. The third kappa shape index (κ3) is 4.23. The van der Waals surface area contributed by atoms with Crippen LogP contribution in [-0.4, -0.2) is 29.9 Å². The molecule has 0 radical (unpaired) electrons. The maximum atomic E-state index is 13.5. The van der Waals surface area contributed by atoms with Gasteiger partial charge in [-0.1, -0.05) is 35.1 Å². The van der Waals surface area contributed by atoms with E-state index in [9.17, 15) is 14.7 Å². The summed E-state index contributed by atoms with van der Waals surface area (Å²) < 4.78 is 12.5. The van der Waals surface area contributed by atoms with Crippen LogP contribution in [0.1, 0.15) is 24.1 Å². The van der Waals surface area contributed by atoms with E-state index in [-0.39, 0.29) is 22.6 Å². The van der Waals surface area contributed by atoms with Crippen molar-refractivity contribution in [3.05, 3.63) is 88.0 Å². The lowest BCUT2D eigenvalue weighted by Crippen LogP contribution is -2.39. The Balaban J connectivity index is 1.97. The number of hydrogen-bond acceptors (Lipinski definition) is 7. The molecule has 2 heterocycles. The molecule has 0 saturated carbocycles. The lowest BCUT2D eigenvalue weighted by molar-refractivity contribution is -0.136. The number of carbonyl (C=O) groups is 1. The summed E-state index contributed by atoms with van der Waals surface area (Å²) in [4.78, 5) is 31.2. The van der Waals surface area contributed by atoms with Gasteiger partial charge in [-0.15, -0.1) is 0 Å². The largest absolute Gasteiger partial charge is 0.503 e. The van der Waals surface area contributed by atoms with Gasteiger partial charge in [0.05, 0.1) is 40.5 Å². The van der Waals surface area contributed by atoms with E-state index in [1.54, 1.807) is 49.4 Å². The summed E-state index contributed by atoms with van der Waals surface area (Å²) in [7, 11) is 2.74. The average Bonchev–Trinajstić information content (AvgIpc) is 3.09. The van der Waals surface area contributed by atoms with E-state index in [0.29, 0.717) is 35.7 Å². The Hall–Kier alpha value is -2.88. The minimum absolute atomic E-state index is 0.0304. The molecule has 0 amide bonds. The van der Waals surface area contributed by atoms with Crippen molar-refractivity contribution in [2.24, 2.45) is 4.99 Å². The van der Waals surface area contributed by atoms with Crippen LogP contribution in [0.3, 0.4) is 0 Å². The fourth-order valence-corrected chi connectivity index (χ4v) is 5.27. The molecule has 2 aromatic carbocycles. The molecular weight excluding hydrogens is 532 g/mol. The van der Waals surface area contributed by atoms with Gasteiger partial charge in [-0.25, -0.2) is 9.79 Å². The predicted molar refractivity (Wildman–Crippen MR) is 130 cm³/mol. The standard InChI is InChI=1S/C23H18BrClN2O5S/c1-11-18(22(30)32-3)19(13-4-6-14(25)7-5-13)27-21(29)17(33-23(27)26-11)10-12-8-15(24)20(28)16(9-12)31-2/h4-10,19,28H,1-3H3/b17-10-/t19-/m1/s1. The second kappa shape index (κ2) is 9.17. The number of carbonyl (C=O) groups excluding carboxylic acids is 1. The zero-order valence-electron chi connectivity index (χ0n) is 17.8. The number of nitrogens with zero attached hydrogens (tertiary/aromatic N) is 2. The van der Waals surface area contributed by atoms with E-state index in [1.165, 1.54) is 30.1 Å². The average molecular weight is 550 g/mol. The second-order valence-corrected chi connectivity index (χ2v) is 9.48. The van der Waals surface area contributed by atoms with Crippen LogP contribution in [0.15, 0.2) is 61.9 Å². The van der Waals surface area contributed by atoms with Crippen LogP contribution in [0.25, 0.3) is 6.08 Å². The molecule has 33 heavy (non-hydrogen) atoms. The van der Waals surface area contributed by atoms with Crippen LogP contribution in [-0.2, 0) is 9.53 Å². The van der Waals surface area contributed by atoms with Crippen molar-refractivity contribution in [2.75, 3.05) is 14.2 Å². The van der Waals surface area contributed by atoms with Crippen molar-refractivity contribution in [1.82, 2.24) is 4.57 Å². The van der Waals surface area contributed by atoms with E-state index >= 15 is 0 Å². The molecule has 1 aliphatic rings. The number of ether oxygens (including phenoxy) is 2. The first-order chi connectivity index (χ1) is 15.7. The van der Waals surface area contributed by atoms with Crippen molar-refractivity contribution < 1.29 is 19.4 Å². The Morgan fingerprint density at radius 2 is 1.97 bits per heavy atom. The molecule has 3 aromatic rings. The highest BCUT2D eigenvalue weighted by Gasteiger charge is 2.33. The number of methoxy groups -OCH3 is 2. The van der Waals surface area contributed by atoms with Gasteiger partial charge >= 0.3 is 5.97 Å². The second-order valence-electron chi connectivity index (χ2n) is 7.18. The van der Waals surface area contributed by atoms with Crippen LogP contribution < -0.4 is 19.6 Å². The van der Waals surface area contributed by atoms with Crippen LogP contribution in [0, 0.1) is 0 Å². The number of benzene rings is 2. The van der Waals surface area contributed by atoms with E-state index in [1.807, 2.05) is 0 Å². The quantitative estimate of drug-likeness (QED) is 0.503. The van der Waals surface area contributed by atoms with E-state index < -0.39 is 12.0 Å². The molecular formula is C23H18BrClN2O5S. The smallest absolute Gasteiger partial charge is 0.338 e. The molecule has 4 rings (SSSR count). The molecule has 170 valence electrons. The summed E-state index contributed by atoms with van der Waals surface area (Å²) in [6.45, 7) is 1.72. The molecule has 0 aliphatic carbocycles. The third-order valence-electron chi connectivity index (χ3n) is 5.18. The fraction of sp³-hybridized carbons (Fsp3) is 0.174. The Morgan fingerprint density at radius 1 is 1.27 bits per heavy atom. The van der Waals surface area contributed by atoms with Gasteiger partial charge in [0.2, 0.25) is 0 Å². The highest BCUT2D eigenvalue weighted by molar-refractivity contribution is 9.10. The Labute approximate surface area is 206 Å². The molecule has 1 aromatic heterocycles. The lowest BCUT2D eigenvalue weighted by Gasteiger charge is -2.24. The Kier molecular flexibility index (Phi) is 6.47. The summed E-state index contributed by atoms with van der Waals surface area (Å²) in [6.07, 6.45) is 1.69. The number of thiazole rings is 1. The number of allylic oxidation sites excluding steroid dienone is 1. The first-order valence-electron chi connectivity index (χ1n) is 9.68. The number of phenolic OH excluding ortho intramolecular Hbond substituents is 1. The Bertz CT molecular complexity index is 1470. The molecule has 10 heteroatoms. The van der Waals surface area contributed by atoms with Gasteiger partial charge < -0.3 is 14.6 Å². The predicted octanol–water partition coefficient (Wildman–Crippen LogP) is 3.54. The third-order valence-corrected chi connectivity index (χ3v) is 7.02. The SMILES string of the molecule is COC(=O)C1=C(C)N=c2s/c(=C\c3cc(Br)c(O)c(OC)c3)c(=O)n2[C@@H]1c1ccc(Cl)cc1. The summed E-state index contributed by atoms with van der Waals surface area (Å²) in [5.74, 6) is -0.318. The number of phenols is 1. The van der Waals surface area contributed by atoms with Crippen LogP contribution in [0.5, 0.6) is 11.5 Å². The summed E-state index contributed by atoms with van der Waals surface area (Å²) >= 11 is 10.6. The van der Waals surface area contributed by atoms with Gasteiger partial charge in [-0.2, -0.15) is 0 Å². The molecule has 0 fully saturated rings. The van der Waals surface area contributed by atoms with Crippen molar-refractivity contribution in [3.8, 4) is 11.5 Å². The number of hydrogen-bond donors (Lipinski definition) is 1. The van der Waals surface area contributed by atoms with Gasteiger partial charge in [-0.3, -0.25) is 9.36 Å². The molecule has 0 spiro atoms. The first kappa shape index (κ1) is 23.3. The monoisotopic (exact) mass is 548 g/mol. The molecule has 0 saturated heterocycles.